The summed E-state index contributed by atoms with van der Waals surface area (Å²) in [6.07, 6.45) is 0.782. The van der Waals surface area contributed by atoms with E-state index in [4.69, 9.17) is 4.74 Å². The van der Waals surface area contributed by atoms with Crippen molar-refractivity contribution in [3.05, 3.63) is 94.0 Å². The lowest BCUT2D eigenvalue weighted by molar-refractivity contribution is 0.0524. The second kappa shape index (κ2) is 7.68. The molecule has 1 aliphatic carbocycles. The van der Waals surface area contributed by atoms with Crippen LogP contribution in [-0.4, -0.2) is 30.7 Å². The second-order valence-corrected chi connectivity index (χ2v) is 8.72. The molecule has 0 spiro atoms. The minimum Gasteiger partial charge on any atom is -0.448 e. The summed E-state index contributed by atoms with van der Waals surface area (Å²) in [6, 6.07) is 25.1. The average molecular weight is 448 g/mol. The molecule has 3 aromatic carbocycles. The molecule has 0 atom stereocenters. The van der Waals surface area contributed by atoms with Gasteiger partial charge in [-0.05, 0) is 46.2 Å². The van der Waals surface area contributed by atoms with Crippen molar-refractivity contribution in [3.8, 4) is 11.1 Å². The van der Waals surface area contributed by atoms with Crippen molar-refractivity contribution in [2.45, 2.75) is 12.3 Å². The van der Waals surface area contributed by atoms with Crippen molar-refractivity contribution in [2.24, 2.45) is 5.92 Å². The molecule has 1 amide bonds. The fraction of sp³-hybridized carbons (Fsp3) is 0.240. The Labute approximate surface area is 179 Å². The van der Waals surface area contributed by atoms with Gasteiger partial charge in [0.05, 0.1) is 0 Å². The van der Waals surface area contributed by atoms with Gasteiger partial charge >= 0.3 is 6.09 Å². The maximum absolute atomic E-state index is 12.6. The molecule has 0 unspecified atom stereocenters. The average Bonchev–Trinajstić information content (AvgIpc) is 3.04. The van der Waals surface area contributed by atoms with E-state index >= 15 is 0 Å². The van der Waals surface area contributed by atoms with Gasteiger partial charge < -0.3 is 9.64 Å². The normalized spacial score (nSPS) is 15.6. The third-order valence-electron chi connectivity index (χ3n) is 6.02. The van der Waals surface area contributed by atoms with Gasteiger partial charge in [-0.1, -0.05) is 82.7 Å². The van der Waals surface area contributed by atoms with Crippen LogP contribution in [0.3, 0.4) is 0 Å². The Morgan fingerprint density at radius 1 is 0.897 bits per heavy atom. The topological polar surface area (TPSA) is 29.5 Å². The number of fused-ring (bicyclic) bond motifs is 3. The van der Waals surface area contributed by atoms with Gasteiger partial charge in [0.15, 0.2) is 0 Å². The second-order valence-electron chi connectivity index (χ2n) is 7.87. The number of nitrogens with zero attached hydrogens (tertiary/aromatic N) is 1. The first-order valence-corrected chi connectivity index (χ1v) is 10.8. The summed E-state index contributed by atoms with van der Waals surface area (Å²) >= 11 is 3.61. The molecule has 0 bridgehead atoms. The third-order valence-corrected chi connectivity index (χ3v) is 6.79. The summed E-state index contributed by atoms with van der Waals surface area (Å²) in [5.74, 6) is 0.609. The molecule has 1 heterocycles. The van der Waals surface area contributed by atoms with Crippen LogP contribution in [0.4, 0.5) is 4.79 Å². The largest absolute Gasteiger partial charge is 0.448 e. The van der Waals surface area contributed by atoms with E-state index in [0.717, 1.165) is 24.0 Å². The van der Waals surface area contributed by atoms with Gasteiger partial charge in [0.2, 0.25) is 0 Å². The number of carbonyl (C=O) groups is 1. The number of amides is 1. The predicted octanol–water partition coefficient (Wildman–Crippen LogP) is 5.87. The van der Waals surface area contributed by atoms with Crippen molar-refractivity contribution in [2.75, 3.05) is 19.7 Å². The number of halogens is 1. The summed E-state index contributed by atoms with van der Waals surface area (Å²) in [6.45, 7) is 1.91. The van der Waals surface area contributed by atoms with Crippen LogP contribution in [0.2, 0.25) is 0 Å². The molecule has 2 aliphatic rings. The van der Waals surface area contributed by atoms with Crippen molar-refractivity contribution >= 4 is 22.0 Å². The fourth-order valence-electron chi connectivity index (χ4n) is 4.51. The number of rotatable bonds is 4. The number of hydrogen-bond acceptors (Lipinski definition) is 2. The molecule has 0 radical (unpaired) electrons. The van der Waals surface area contributed by atoms with Crippen LogP contribution in [0.1, 0.15) is 22.6 Å². The molecule has 0 aromatic heterocycles. The molecule has 29 heavy (non-hydrogen) atoms. The molecule has 5 rings (SSSR count). The van der Waals surface area contributed by atoms with Crippen LogP contribution in [0.15, 0.2) is 77.3 Å². The molecule has 1 saturated heterocycles. The highest BCUT2D eigenvalue weighted by molar-refractivity contribution is 9.10. The highest BCUT2D eigenvalue weighted by atomic mass is 79.9. The Hall–Kier alpha value is -2.59. The first kappa shape index (κ1) is 18.4. The fourth-order valence-corrected chi connectivity index (χ4v) is 4.95. The SMILES string of the molecule is O=C(OCC1c2ccccc2-c2ccccc21)N1CC(Cc2ccccc2Br)C1. The Balaban J connectivity index is 1.20. The third kappa shape index (κ3) is 3.46. The predicted molar refractivity (Wildman–Crippen MR) is 118 cm³/mol. The lowest BCUT2D eigenvalue weighted by Crippen LogP contribution is -2.51. The molecule has 1 aliphatic heterocycles. The molecule has 3 aromatic rings. The maximum Gasteiger partial charge on any atom is 0.409 e. The highest BCUT2D eigenvalue weighted by Gasteiger charge is 2.34. The number of ether oxygens (including phenoxy) is 1. The van der Waals surface area contributed by atoms with Crippen LogP contribution in [0.25, 0.3) is 11.1 Å². The van der Waals surface area contributed by atoms with E-state index in [9.17, 15) is 4.79 Å². The molecule has 1 fully saturated rings. The molecule has 0 N–H and O–H groups in total. The van der Waals surface area contributed by atoms with Crippen LogP contribution < -0.4 is 0 Å². The zero-order valence-corrected chi connectivity index (χ0v) is 17.6. The number of carbonyl (C=O) groups excluding carboxylic acids is 1. The number of likely N-dealkylation sites (tertiary alicyclic amines) is 1. The number of benzene rings is 3. The lowest BCUT2D eigenvalue weighted by atomic mass is 9.92. The quantitative estimate of drug-likeness (QED) is 0.500. The van der Waals surface area contributed by atoms with Gasteiger partial charge in [-0.3, -0.25) is 0 Å². The van der Waals surface area contributed by atoms with Gasteiger partial charge in [-0.2, -0.15) is 0 Å². The van der Waals surface area contributed by atoms with Crippen molar-refractivity contribution in [1.82, 2.24) is 4.90 Å². The minimum absolute atomic E-state index is 0.115. The molecule has 3 nitrogen and oxygen atoms in total. The molecular weight excluding hydrogens is 426 g/mol. The Kier molecular flexibility index (Phi) is 4.88. The first-order chi connectivity index (χ1) is 14.2. The van der Waals surface area contributed by atoms with Crippen LogP contribution in [0, 0.1) is 5.92 Å². The van der Waals surface area contributed by atoms with E-state index in [1.165, 1.54) is 27.8 Å². The van der Waals surface area contributed by atoms with E-state index in [1.807, 2.05) is 11.0 Å². The van der Waals surface area contributed by atoms with E-state index in [-0.39, 0.29) is 12.0 Å². The van der Waals surface area contributed by atoms with E-state index < -0.39 is 0 Å². The summed E-state index contributed by atoms with van der Waals surface area (Å²) in [5.41, 5.74) is 6.29. The summed E-state index contributed by atoms with van der Waals surface area (Å²) in [7, 11) is 0. The van der Waals surface area contributed by atoms with Gasteiger partial charge in [-0.15, -0.1) is 0 Å². The minimum atomic E-state index is -0.199. The van der Waals surface area contributed by atoms with Crippen LogP contribution >= 0.6 is 15.9 Å². The Morgan fingerprint density at radius 3 is 2.14 bits per heavy atom. The van der Waals surface area contributed by atoms with Crippen molar-refractivity contribution in [3.63, 3.8) is 0 Å². The Morgan fingerprint density at radius 2 is 1.48 bits per heavy atom. The van der Waals surface area contributed by atoms with Crippen molar-refractivity contribution < 1.29 is 9.53 Å². The standard InChI is InChI=1S/C25H22BrNO2/c26-24-12-6-1-7-18(24)13-17-14-27(15-17)25(28)29-16-23-21-10-4-2-8-19(21)20-9-3-5-11-22(20)23/h1-12,17,23H,13-16H2. The van der Waals surface area contributed by atoms with Gasteiger partial charge in [-0.25, -0.2) is 4.79 Å². The lowest BCUT2D eigenvalue weighted by Gasteiger charge is -2.38. The van der Waals surface area contributed by atoms with E-state index in [2.05, 4.69) is 82.7 Å². The van der Waals surface area contributed by atoms with E-state index in [0.29, 0.717) is 12.5 Å². The molecule has 4 heteroatoms. The van der Waals surface area contributed by atoms with Crippen LogP contribution in [0.5, 0.6) is 0 Å². The van der Waals surface area contributed by atoms with Crippen LogP contribution in [-0.2, 0) is 11.2 Å². The van der Waals surface area contributed by atoms with E-state index in [1.54, 1.807) is 0 Å². The van der Waals surface area contributed by atoms with Gasteiger partial charge in [0.25, 0.3) is 0 Å². The summed E-state index contributed by atoms with van der Waals surface area (Å²) in [4.78, 5) is 14.4. The van der Waals surface area contributed by atoms with Crippen molar-refractivity contribution in [1.29, 1.82) is 0 Å². The highest BCUT2D eigenvalue weighted by Crippen LogP contribution is 2.44. The summed E-state index contributed by atoms with van der Waals surface area (Å²) < 4.78 is 6.88. The first-order valence-electron chi connectivity index (χ1n) is 10.0. The van der Waals surface area contributed by atoms with Gasteiger partial charge in [0.1, 0.15) is 6.61 Å². The smallest absolute Gasteiger partial charge is 0.409 e. The Bertz CT molecular complexity index is 1010. The monoisotopic (exact) mass is 447 g/mol. The zero-order chi connectivity index (χ0) is 19.8. The number of hydrogen-bond donors (Lipinski definition) is 0. The summed E-state index contributed by atoms with van der Waals surface area (Å²) in [5, 5.41) is 0. The molecular formula is C25H22BrNO2. The maximum atomic E-state index is 12.6. The van der Waals surface area contributed by atoms with Gasteiger partial charge in [0, 0.05) is 23.5 Å². The zero-order valence-electron chi connectivity index (χ0n) is 16.1. The molecule has 146 valence electrons. The molecule has 0 saturated carbocycles.